The van der Waals surface area contributed by atoms with Gasteiger partial charge in [0, 0.05) is 6.92 Å². The van der Waals surface area contributed by atoms with E-state index in [0.717, 1.165) is 0 Å². The molecule has 0 fully saturated rings. The minimum Gasteiger partial charge on any atom is -0.475 e. The van der Waals surface area contributed by atoms with Crippen LogP contribution in [0.1, 0.15) is 23.2 Å². The van der Waals surface area contributed by atoms with E-state index in [4.69, 9.17) is 5.11 Å². The van der Waals surface area contributed by atoms with Crippen LogP contribution in [-0.4, -0.2) is 22.1 Å². The molecular formula is C7H8N2O4. The van der Waals surface area contributed by atoms with E-state index >= 15 is 0 Å². The van der Waals surface area contributed by atoms with Gasteiger partial charge in [-0.3, -0.25) is 4.79 Å². The number of nitrogens with one attached hydrogen (secondary N) is 1. The minimum absolute atomic E-state index is 0.111. The van der Waals surface area contributed by atoms with Gasteiger partial charge in [0.25, 0.3) is 5.76 Å². The van der Waals surface area contributed by atoms with Crippen molar-refractivity contribution in [3.63, 3.8) is 0 Å². The Bertz CT molecular complexity index is 355. The van der Waals surface area contributed by atoms with Crippen molar-refractivity contribution in [2.45, 2.75) is 13.8 Å². The maximum atomic E-state index is 10.7. The number of rotatable bonds is 2. The normalized spacial score (nSPS) is 9.69. The van der Waals surface area contributed by atoms with Gasteiger partial charge in [-0.15, -0.1) is 0 Å². The van der Waals surface area contributed by atoms with Gasteiger partial charge in [-0.2, -0.15) is 0 Å². The maximum absolute atomic E-state index is 10.7. The third-order valence-electron chi connectivity index (χ3n) is 1.36. The largest absolute Gasteiger partial charge is 0.475 e. The van der Waals surface area contributed by atoms with Crippen LogP contribution in [-0.2, 0) is 4.79 Å². The third kappa shape index (κ3) is 1.84. The quantitative estimate of drug-likeness (QED) is 0.703. The van der Waals surface area contributed by atoms with Gasteiger partial charge < -0.3 is 14.9 Å². The van der Waals surface area contributed by atoms with E-state index in [1.165, 1.54) is 6.92 Å². The number of hydrogen-bond donors (Lipinski definition) is 2. The van der Waals surface area contributed by atoms with Crippen molar-refractivity contribution < 1.29 is 19.2 Å². The lowest BCUT2D eigenvalue weighted by molar-refractivity contribution is -0.114. The molecule has 0 aliphatic heterocycles. The molecule has 1 rings (SSSR count). The lowest BCUT2D eigenvalue weighted by Gasteiger charge is -1.98. The molecule has 0 saturated carbocycles. The monoisotopic (exact) mass is 184 g/mol. The van der Waals surface area contributed by atoms with E-state index in [1.807, 2.05) is 0 Å². The summed E-state index contributed by atoms with van der Waals surface area (Å²) in [5.41, 5.74) is 0.451. The van der Waals surface area contributed by atoms with Gasteiger partial charge >= 0.3 is 5.97 Å². The van der Waals surface area contributed by atoms with Crippen LogP contribution in [0.5, 0.6) is 0 Å². The van der Waals surface area contributed by atoms with Crippen LogP contribution in [0.3, 0.4) is 0 Å². The molecule has 1 heterocycles. The molecule has 1 aromatic heterocycles. The fraction of sp³-hybridized carbons (Fsp3) is 0.286. The maximum Gasteiger partial charge on any atom is 0.376 e. The first kappa shape index (κ1) is 9.24. The van der Waals surface area contributed by atoms with Crippen LogP contribution in [0.2, 0.25) is 0 Å². The zero-order valence-electron chi connectivity index (χ0n) is 7.12. The summed E-state index contributed by atoms with van der Waals surface area (Å²) < 4.78 is 4.49. The first-order valence-electron chi connectivity index (χ1n) is 3.49. The number of amides is 1. The predicted octanol–water partition coefficient (Wildman–Crippen LogP) is 0.640. The minimum atomic E-state index is -1.26. The topological polar surface area (TPSA) is 92.4 Å². The Balaban J connectivity index is 3.08. The number of carboxylic acid groups (broad SMARTS) is 1. The number of carbonyl (C=O) groups excluding carboxylic acids is 1. The smallest absolute Gasteiger partial charge is 0.376 e. The highest BCUT2D eigenvalue weighted by Crippen LogP contribution is 2.19. The molecule has 13 heavy (non-hydrogen) atoms. The van der Waals surface area contributed by atoms with Crippen LogP contribution in [0, 0.1) is 6.92 Å². The fourth-order valence-electron chi connectivity index (χ4n) is 0.839. The number of aromatic nitrogens is 1. The first-order chi connectivity index (χ1) is 6.02. The molecule has 6 heteroatoms. The van der Waals surface area contributed by atoms with Crippen molar-refractivity contribution in [1.29, 1.82) is 0 Å². The average Bonchev–Trinajstić information content (AvgIpc) is 2.32. The fourth-order valence-corrected chi connectivity index (χ4v) is 0.839. The van der Waals surface area contributed by atoms with Crippen molar-refractivity contribution in [3.05, 3.63) is 11.5 Å². The highest BCUT2D eigenvalue weighted by molar-refractivity contribution is 5.98. The predicted molar refractivity (Wildman–Crippen MR) is 42.5 cm³/mol. The third-order valence-corrected chi connectivity index (χ3v) is 1.36. The summed E-state index contributed by atoms with van der Waals surface area (Å²) in [6.45, 7) is 2.82. The molecule has 1 amide bonds. The Labute approximate surface area is 73.5 Å². The molecule has 0 saturated heterocycles. The van der Waals surface area contributed by atoms with Gasteiger partial charge in [0.1, 0.15) is 11.4 Å². The highest BCUT2D eigenvalue weighted by Gasteiger charge is 2.19. The van der Waals surface area contributed by atoms with Crippen molar-refractivity contribution >= 4 is 17.6 Å². The van der Waals surface area contributed by atoms with Crippen molar-refractivity contribution in [2.75, 3.05) is 5.32 Å². The van der Waals surface area contributed by atoms with E-state index < -0.39 is 5.97 Å². The summed E-state index contributed by atoms with van der Waals surface area (Å²) in [4.78, 5) is 21.2. The van der Waals surface area contributed by atoms with Gasteiger partial charge in [0.15, 0.2) is 0 Å². The summed E-state index contributed by atoms with van der Waals surface area (Å²) >= 11 is 0. The number of aromatic carboxylic acids is 1. The van der Waals surface area contributed by atoms with Gasteiger partial charge in [-0.25, -0.2) is 4.79 Å². The Hall–Kier alpha value is -1.85. The molecule has 0 spiro atoms. The summed E-state index contributed by atoms with van der Waals surface area (Å²) in [7, 11) is 0. The summed E-state index contributed by atoms with van der Waals surface area (Å²) in [5.74, 6) is -1.98. The van der Waals surface area contributed by atoms with E-state index in [9.17, 15) is 9.59 Å². The van der Waals surface area contributed by atoms with Crippen LogP contribution in [0.25, 0.3) is 0 Å². The summed E-state index contributed by atoms with van der Waals surface area (Å²) in [6, 6.07) is 0. The second kappa shape index (κ2) is 3.26. The Kier molecular flexibility index (Phi) is 2.32. The summed E-state index contributed by atoms with van der Waals surface area (Å²) in [5, 5.41) is 14.4. The SMILES string of the molecule is CC(=O)Nc1c(C)noc1C(=O)O. The molecule has 0 aliphatic carbocycles. The molecule has 0 radical (unpaired) electrons. The van der Waals surface area contributed by atoms with Gasteiger partial charge in [0.05, 0.1) is 0 Å². The number of aryl methyl sites for hydroxylation is 1. The Morgan fingerprint density at radius 2 is 2.15 bits per heavy atom. The van der Waals surface area contributed by atoms with Crippen LogP contribution >= 0.6 is 0 Å². The number of hydrogen-bond acceptors (Lipinski definition) is 4. The zero-order chi connectivity index (χ0) is 10.0. The molecule has 0 bridgehead atoms. The lowest BCUT2D eigenvalue weighted by atomic mass is 10.3. The van der Waals surface area contributed by atoms with Crippen molar-refractivity contribution in [1.82, 2.24) is 5.16 Å². The van der Waals surface area contributed by atoms with Gasteiger partial charge in [0.2, 0.25) is 5.91 Å². The number of carboxylic acids is 1. The average molecular weight is 184 g/mol. The second-order valence-corrected chi connectivity index (χ2v) is 2.46. The van der Waals surface area contributed by atoms with Crippen LogP contribution in [0.4, 0.5) is 5.69 Å². The molecule has 0 unspecified atom stereocenters. The molecule has 2 N–H and O–H groups in total. The zero-order valence-corrected chi connectivity index (χ0v) is 7.12. The first-order valence-corrected chi connectivity index (χ1v) is 3.49. The summed E-state index contributed by atoms with van der Waals surface area (Å²) in [6.07, 6.45) is 0. The molecule has 0 aromatic carbocycles. The van der Waals surface area contributed by atoms with E-state index in [-0.39, 0.29) is 17.4 Å². The highest BCUT2D eigenvalue weighted by atomic mass is 16.5. The molecule has 6 nitrogen and oxygen atoms in total. The Morgan fingerprint density at radius 1 is 1.54 bits per heavy atom. The second-order valence-electron chi connectivity index (χ2n) is 2.46. The van der Waals surface area contributed by atoms with Crippen LogP contribution in [0.15, 0.2) is 4.52 Å². The van der Waals surface area contributed by atoms with Crippen molar-refractivity contribution in [2.24, 2.45) is 0 Å². The van der Waals surface area contributed by atoms with E-state index in [1.54, 1.807) is 6.92 Å². The lowest BCUT2D eigenvalue weighted by Crippen LogP contribution is -2.09. The Morgan fingerprint density at radius 3 is 2.62 bits per heavy atom. The van der Waals surface area contributed by atoms with Crippen molar-refractivity contribution in [3.8, 4) is 0 Å². The number of anilines is 1. The molecule has 0 aliphatic rings. The standard InChI is InChI=1S/C7H8N2O4/c1-3-5(8-4(2)10)6(7(11)12)13-9-3/h1-2H3,(H,8,10)(H,11,12). The van der Waals surface area contributed by atoms with E-state index in [0.29, 0.717) is 5.69 Å². The molecular weight excluding hydrogens is 176 g/mol. The molecule has 70 valence electrons. The number of carbonyl (C=O) groups is 2. The number of nitrogens with zero attached hydrogens (tertiary/aromatic N) is 1. The van der Waals surface area contributed by atoms with Gasteiger partial charge in [-0.1, -0.05) is 5.16 Å². The molecule has 0 atom stereocenters. The molecule has 1 aromatic rings. The van der Waals surface area contributed by atoms with E-state index in [2.05, 4.69) is 15.0 Å². The van der Waals surface area contributed by atoms with Crippen LogP contribution < -0.4 is 5.32 Å². The van der Waals surface area contributed by atoms with Gasteiger partial charge in [-0.05, 0) is 6.92 Å².